The van der Waals surface area contributed by atoms with Crippen molar-refractivity contribution in [3.05, 3.63) is 76.1 Å². The van der Waals surface area contributed by atoms with Crippen LogP contribution in [0.2, 0.25) is 0 Å². The van der Waals surface area contributed by atoms with Gasteiger partial charge in [0.25, 0.3) is 5.91 Å². The van der Waals surface area contributed by atoms with Crippen molar-refractivity contribution in [2.24, 2.45) is 0 Å². The molecule has 1 aliphatic rings. The van der Waals surface area contributed by atoms with Crippen LogP contribution in [0.15, 0.2) is 30.5 Å². The highest BCUT2D eigenvalue weighted by Crippen LogP contribution is 2.32. The van der Waals surface area contributed by atoms with E-state index in [0.717, 1.165) is 42.7 Å². The third kappa shape index (κ3) is 4.00. The Bertz CT molecular complexity index is 1160. The topological polar surface area (TPSA) is 59.0 Å². The minimum absolute atomic E-state index is 0.0416. The highest BCUT2D eigenvalue weighted by Gasteiger charge is 2.29. The molecule has 1 fully saturated rings. The van der Waals surface area contributed by atoms with Crippen LogP contribution in [0.4, 0.5) is 23.2 Å². The number of carbonyl (C=O) groups is 1. The SMILES string of the molecule is Cc1ccc(-n2ncc(C(=O)Nc3c(F)c(F)cc(F)c3F)c2C2CCNCC2)cc1C. The van der Waals surface area contributed by atoms with Gasteiger partial charge in [0.2, 0.25) is 0 Å². The fourth-order valence-corrected chi connectivity index (χ4v) is 3.95. The molecule has 1 aliphatic heterocycles. The van der Waals surface area contributed by atoms with E-state index in [9.17, 15) is 22.4 Å². The maximum atomic E-state index is 14.1. The number of benzene rings is 2. The number of halogens is 4. The Morgan fingerprint density at radius 2 is 1.69 bits per heavy atom. The molecule has 0 atom stereocenters. The molecule has 3 aromatic rings. The van der Waals surface area contributed by atoms with E-state index in [1.807, 2.05) is 37.4 Å². The summed E-state index contributed by atoms with van der Waals surface area (Å²) in [7, 11) is 0. The maximum Gasteiger partial charge on any atom is 0.259 e. The Kier molecular flexibility index (Phi) is 6.01. The number of hydrogen-bond donors (Lipinski definition) is 2. The molecule has 2 heterocycles. The van der Waals surface area contributed by atoms with Gasteiger partial charge in [-0.25, -0.2) is 22.2 Å². The zero-order valence-corrected chi connectivity index (χ0v) is 17.6. The van der Waals surface area contributed by atoms with E-state index in [4.69, 9.17) is 0 Å². The van der Waals surface area contributed by atoms with Crippen molar-refractivity contribution in [1.82, 2.24) is 15.1 Å². The summed E-state index contributed by atoms with van der Waals surface area (Å²) in [5, 5.41) is 9.63. The summed E-state index contributed by atoms with van der Waals surface area (Å²) in [4.78, 5) is 13.0. The van der Waals surface area contributed by atoms with Gasteiger partial charge in [-0.2, -0.15) is 5.10 Å². The summed E-state index contributed by atoms with van der Waals surface area (Å²) in [6.07, 6.45) is 2.77. The summed E-state index contributed by atoms with van der Waals surface area (Å²) < 4.78 is 57.0. The molecule has 0 unspecified atom stereocenters. The van der Waals surface area contributed by atoms with Crippen LogP contribution in [0.5, 0.6) is 0 Å². The van der Waals surface area contributed by atoms with Crippen LogP contribution < -0.4 is 10.6 Å². The van der Waals surface area contributed by atoms with Crippen LogP contribution in [0, 0.1) is 37.1 Å². The van der Waals surface area contributed by atoms with Gasteiger partial charge in [-0.3, -0.25) is 4.79 Å². The third-order valence-electron chi connectivity index (χ3n) is 5.86. The van der Waals surface area contributed by atoms with Gasteiger partial charge in [-0.05, 0) is 63.0 Å². The highest BCUT2D eigenvalue weighted by molar-refractivity contribution is 6.05. The van der Waals surface area contributed by atoms with Crippen molar-refractivity contribution < 1.29 is 22.4 Å². The number of aryl methyl sites for hydroxylation is 2. The number of nitrogens with zero attached hydrogens (tertiary/aromatic N) is 2. The Balaban J connectivity index is 1.78. The van der Waals surface area contributed by atoms with Crippen molar-refractivity contribution in [3.63, 3.8) is 0 Å². The number of rotatable bonds is 4. The normalized spacial score (nSPS) is 14.6. The lowest BCUT2D eigenvalue weighted by Gasteiger charge is -2.25. The van der Waals surface area contributed by atoms with E-state index in [1.54, 1.807) is 4.68 Å². The Hall–Kier alpha value is -3.20. The van der Waals surface area contributed by atoms with E-state index < -0.39 is 34.9 Å². The van der Waals surface area contributed by atoms with Crippen molar-refractivity contribution in [3.8, 4) is 5.69 Å². The molecule has 9 heteroatoms. The first kappa shape index (κ1) is 22.0. The number of carbonyl (C=O) groups excluding carboxylic acids is 1. The Morgan fingerprint density at radius 1 is 1.03 bits per heavy atom. The van der Waals surface area contributed by atoms with Gasteiger partial charge >= 0.3 is 0 Å². The van der Waals surface area contributed by atoms with Gasteiger partial charge in [0.15, 0.2) is 23.3 Å². The lowest BCUT2D eigenvalue weighted by Crippen LogP contribution is -2.29. The van der Waals surface area contributed by atoms with Crippen LogP contribution in [-0.4, -0.2) is 28.8 Å². The molecule has 5 nitrogen and oxygen atoms in total. The van der Waals surface area contributed by atoms with Gasteiger partial charge in [0, 0.05) is 12.0 Å². The first-order valence-corrected chi connectivity index (χ1v) is 10.3. The number of piperidine rings is 1. The fraction of sp³-hybridized carbons (Fsp3) is 0.304. The summed E-state index contributed by atoms with van der Waals surface area (Å²) in [5.41, 5.74) is 2.40. The predicted octanol–water partition coefficient (Wildman–Crippen LogP) is 4.76. The molecular formula is C23H22F4N4O. The van der Waals surface area contributed by atoms with Crippen molar-refractivity contribution in [2.45, 2.75) is 32.6 Å². The molecular weight excluding hydrogens is 424 g/mol. The average Bonchev–Trinajstić information content (AvgIpc) is 3.23. The lowest BCUT2D eigenvalue weighted by molar-refractivity contribution is 0.102. The molecule has 1 saturated heterocycles. The number of aromatic nitrogens is 2. The molecule has 0 saturated carbocycles. The molecule has 168 valence electrons. The lowest BCUT2D eigenvalue weighted by atomic mass is 9.91. The number of nitrogens with one attached hydrogen (secondary N) is 2. The van der Waals surface area contributed by atoms with E-state index in [-0.39, 0.29) is 17.5 Å². The Morgan fingerprint density at radius 3 is 2.31 bits per heavy atom. The fourth-order valence-electron chi connectivity index (χ4n) is 3.95. The summed E-state index contributed by atoms with van der Waals surface area (Å²) >= 11 is 0. The first-order chi connectivity index (χ1) is 15.3. The van der Waals surface area contributed by atoms with Crippen LogP contribution in [0.1, 0.15) is 45.9 Å². The van der Waals surface area contributed by atoms with Crippen LogP contribution in [-0.2, 0) is 0 Å². The summed E-state index contributed by atoms with van der Waals surface area (Å²) in [6.45, 7) is 5.42. The first-order valence-electron chi connectivity index (χ1n) is 10.3. The van der Waals surface area contributed by atoms with Crippen molar-refractivity contribution in [1.29, 1.82) is 0 Å². The largest absolute Gasteiger partial charge is 0.317 e. The molecule has 0 aliphatic carbocycles. The zero-order chi connectivity index (χ0) is 23.0. The average molecular weight is 446 g/mol. The smallest absolute Gasteiger partial charge is 0.259 e. The molecule has 32 heavy (non-hydrogen) atoms. The van der Waals surface area contributed by atoms with E-state index in [2.05, 4.69) is 10.4 Å². The van der Waals surface area contributed by atoms with Crippen LogP contribution in [0.3, 0.4) is 0 Å². The number of anilines is 1. The van der Waals surface area contributed by atoms with Gasteiger partial charge in [0.05, 0.1) is 23.1 Å². The van der Waals surface area contributed by atoms with Crippen LogP contribution in [0.25, 0.3) is 5.69 Å². The highest BCUT2D eigenvalue weighted by atomic mass is 19.2. The van der Waals surface area contributed by atoms with Crippen LogP contribution >= 0.6 is 0 Å². The predicted molar refractivity (Wildman–Crippen MR) is 112 cm³/mol. The van der Waals surface area contributed by atoms with Gasteiger partial charge in [-0.15, -0.1) is 0 Å². The quantitative estimate of drug-likeness (QED) is 0.449. The minimum Gasteiger partial charge on any atom is -0.317 e. The van der Waals surface area contributed by atoms with E-state index >= 15 is 0 Å². The molecule has 2 N–H and O–H groups in total. The molecule has 0 spiro atoms. The minimum atomic E-state index is -1.66. The van der Waals surface area contributed by atoms with Crippen molar-refractivity contribution in [2.75, 3.05) is 18.4 Å². The maximum absolute atomic E-state index is 14.1. The van der Waals surface area contributed by atoms with E-state index in [1.165, 1.54) is 6.20 Å². The second-order valence-corrected chi connectivity index (χ2v) is 7.95. The molecule has 1 amide bonds. The van der Waals surface area contributed by atoms with E-state index in [0.29, 0.717) is 5.69 Å². The van der Waals surface area contributed by atoms with Gasteiger partial charge < -0.3 is 10.6 Å². The molecule has 2 aromatic carbocycles. The standard InChI is InChI=1S/C23H22F4N4O/c1-12-3-4-15(9-13(12)2)31-22(14-5-7-28-8-6-14)16(11-29-31)23(32)30-21-19(26)17(24)10-18(25)20(21)27/h3-4,9-11,14,28H,5-8H2,1-2H3,(H,30,32). The van der Waals surface area contributed by atoms with Crippen molar-refractivity contribution >= 4 is 11.6 Å². The number of hydrogen-bond acceptors (Lipinski definition) is 3. The Labute approximate surface area is 182 Å². The monoisotopic (exact) mass is 446 g/mol. The zero-order valence-electron chi connectivity index (χ0n) is 17.6. The molecule has 1 aromatic heterocycles. The van der Waals surface area contributed by atoms with Gasteiger partial charge in [-0.1, -0.05) is 6.07 Å². The second-order valence-electron chi connectivity index (χ2n) is 7.95. The second kappa shape index (κ2) is 8.74. The third-order valence-corrected chi connectivity index (χ3v) is 5.86. The molecule has 0 radical (unpaired) electrons. The summed E-state index contributed by atoms with van der Waals surface area (Å²) in [5.74, 6) is -7.45. The van der Waals surface area contributed by atoms with Gasteiger partial charge in [0.1, 0.15) is 5.69 Å². The summed E-state index contributed by atoms with van der Waals surface area (Å²) in [6, 6.07) is 5.86. The molecule has 4 rings (SSSR count). The molecule has 0 bridgehead atoms. The number of amides is 1.